The second kappa shape index (κ2) is 7.69. The van der Waals surface area contributed by atoms with Gasteiger partial charge in [-0.3, -0.25) is 4.79 Å². The third-order valence-electron chi connectivity index (χ3n) is 4.05. The van der Waals surface area contributed by atoms with Gasteiger partial charge in [-0.25, -0.2) is 4.79 Å². The molecule has 0 radical (unpaired) electrons. The summed E-state index contributed by atoms with van der Waals surface area (Å²) < 4.78 is 39.2. The van der Waals surface area contributed by atoms with Crippen LogP contribution in [-0.4, -0.2) is 60.1 Å². The lowest BCUT2D eigenvalue weighted by Crippen LogP contribution is -2.54. The number of rotatable bonds is 4. The number of nitrogens with one attached hydrogen (secondary N) is 1. The van der Waals surface area contributed by atoms with Crippen LogP contribution in [0.5, 0.6) is 0 Å². The number of hydrogen-bond acceptors (Lipinski definition) is 2. The van der Waals surface area contributed by atoms with Crippen molar-refractivity contribution in [1.29, 1.82) is 0 Å². The summed E-state index contributed by atoms with van der Waals surface area (Å²) in [5.74, 6) is -0.957. The largest absolute Gasteiger partial charge is 0.408 e. The van der Waals surface area contributed by atoms with E-state index in [0.717, 1.165) is 0 Å². The Kier molecular flexibility index (Phi) is 6.49. The van der Waals surface area contributed by atoms with E-state index in [-0.39, 0.29) is 19.0 Å². The SMILES string of the molecule is CC[C@H](C)[C@@H](NC(=O)N1CCCN(CC)C(=O)C1)C(F)(F)F. The van der Waals surface area contributed by atoms with Crippen LogP contribution in [0, 0.1) is 5.92 Å². The molecule has 0 saturated carbocycles. The van der Waals surface area contributed by atoms with Crippen LogP contribution in [0.3, 0.4) is 0 Å². The zero-order valence-corrected chi connectivity index (χ0v) is 13.2. The summed E-state index contributed by atoms with van der Waals surface area (Å²) in [5.41, 5.74) is 0. The molecular weight excluding hydrogens is 299 g/mol. The van der Waals surface area contributed by atoms with E-state index >= 15 is 0 Å². The Morgan fingerprint density at radius 2 is 1.95 bits per heavy atom. The number of amides is 3. The molecule has 1 saturated heterocycles. The molecule has 22 heavy (non-hydrogen) atoms. The molecule has 8 heteroatoms. The Morgan fingerprint density at radius 1 is 1.32 bits per heavy atom. The van der Waals surface area contributed by atoms with Crippen molar-refractivity contribution in [2.45, 2.75) is 45.8 Å². The first kappa shape index (κ1) is 18.6. The Hall–Kier alpha value is -1.47. The first-order valence-corrected chi connectivity index (χ1v) is 7.60. The summed E-state index contributed by atoms with van der Waals surface area (Å²) in [6.45, 7) is 6.08. The monoisotopic (exact) mass is 323 g/mol. The molecule has 3 amide bonds. The number of hydrogen-bond donors (Lipinski definition) is 1. The smallest absolute Gasteiger partial charge is 0.341 e. The summed E-state index contributed by atoms with van der Waals surface area (Å²) in [5, 5.41) is 2.05. The van der Waals surface area contributed by atoms with E-state index in [1.54, 1.807) is 11.8 Å². The van der Waals surface area contributed by atoms with Crippen LogP contribution in [0.15, 0.2) is 0 Å². The van der Waals surface area contributed by atoms with Crippen molar-refractivity contribution in [2.24, 2.45) is 5.92 Å². The highest BCUT2D eigenvalue weighted by Crippen LogP contribution is 2.27. The number of alkyl halides is 3. The number of carbonyl (C=O) groups excluding carboxylic acids is 2. The summed E-state index contributed by atoms with van der Waals surface area (Å²) in [7, 11) is 0. The first-order chi connectivity index (χ1) is 10.2. The van der Waals surface area contributed by atoms with Crippen molar-refractivity contribution >= 4 is 11.9 Å². The fourth-order valence-electron chi connectivity index (χ4n) is 2.43. The van der Waals surface area contributed by atoms with Gasteiger partial charge < -0.3 is 15.1 Å². The lowest BCUT2D eigenvalue weighted by molar-refractivity contribution is -0.164. The highest BCUT2D eigenvalue weighted by atomic mass is 19.4. The Balaban J connectivity index is 2.75. The predicted octanol–water partition coefficient (Wildman–Crippen LogP) is 2.23. The van der Waals surface area contributed by atoms with E-state index < -0.39 is 24.2 Å². The molecule has 0 aromatic heterocycles. The van der Waals surface area contributed by atoms with Gasteiger partial charge in [0.15, 0.2) is 0 Å². The van der Waals surface area contributed by atoms with Gasteiger partial charge in [0.05, 0.1) is 0 Å². The van der Waals surface area contributed by atoms with E-state index in [1.807, 2.05) is 12.2 Å². The fraction of sp³-hybridized carbons (Fsp3) is 0.857. The maximum atomic E-state index is 13.1. The van der Waals surface area contributed by atoms with Gasteiger partial charge in [-0.2, -0.15) is 13.2 Å². The van der Waals surface area contributed by atoms with Crippen molar-refractivity contribution in [1.82, 2.24) is 15.1 Å². The van der Waals surface area contributed by atoms with Crippen molar-refractivity contribution < 1.29 is 22.8 Å². The van der Waals surface area contributed by atoms with Crippen LogP contribution in [0.1, 0.15) is 33.6 Å². The molecule has 5 nitrogen and oxygen atoms in total. The number of urea groups is 1. The van der Waals surface area contributed by atoms with Gasteiger partial charge >= 0.3 is 12.2 Å². The molecule has 0 aromatic rings. The molecule has 1 aliphatic rings. The minimum absolute atomic E-state index is 0.176. The number of nitrogens with zero attached hydrogens (tertiary/aromatic N) is 2. The van der Waals surface area contributed by atoms with Gasteiger partial charge in [0, 0.05) is 19.6 Å². The van der Waals surface area contributed by atoms with Crippen LogP contribution in [0.2, 0.25) is 0 Å². The zero-order chi connectivity index (χ0) is 16.9. The maximum Gasteiger partial charge on any atom is 0.408 e. The minimum atomic E-state index is -4.50. The molecule has 2 atom stereocenters. The molecule has 1 N–H and O–H groups in total. The van der Waals surface area contributed by atoms with Crippen molar-refractivity contribution in [3.05, 3.63) is 0 Å². The van der Waals surface area contributed by atoms with E-state index in [1.165, 1.54) is 11.8 Å². The summed E-state index contributed by atoms with van der Waals surface area (Å²) in [6.07, 6.45) is -3.64. The zero-order valence-electron chi connectivity index (χ0n) is 13.2. The Labute approximate surface area is 128 Å². The Morgan fingerprint density at radius 3 is 2.45 bits per heavy atom. The van der Waals surface area contributed by atoms with Gasteiger partial charge in [-0.05, 0) is 19.3 Å². The number of likely N-dealkylation sites (N-methyl/N-ethyl adjacent to an activating group) is 1. The molecular formula is C14H24F3N3O2. The van der Waals surface area contributed by atoms with Crippen molar-refractivity contribution in [3.63, 3.8) is 0 Å². The van der Waals surface area contributed by atoms with Crippen LogP contribution in [-0.2, 0) is 4.79 Å². The highest BCUT2D eigenvalue weighted by molar-refractivity contribution is 5.84. The standard InChI is InChI=1S/C14H24F3N3O2/c1-4-10(3)12(14(15,16)17)18-13(22)20-8-6-7-19(5-2)11(21)9-20/h10,12H,4-9H2,1-3H3,(H,18,22)/t10-,12+/m0/s1. The first-order valence-electron chi connectivity index (χ1n) is 7.60. The number of carbonyl (C=O) groups is 2. The summed E-state index contributed by atoms with van der Waals surface area (Å²) in [6, 6.07) is -2.72. The average Bonchev–Trinajstić information content (AvgIpc) is 2.63. The van der Waals surface area contributed by atoms with Crippen LogP contribution < -0.4 is 5.32 Å². The maximum absolute atomic E-state index is 13.1. The normalized spacial score (nSPS) is 19.6. The number of halogens is 3. The highest BCUT2D eigenvalue weighted by Gasteiger charge is 2.44. The second-order valence-electron chi connectivity index (χ2n) is 5.60. The third-order valence-corrected chi connectivity index (χ3v) is 4.05. The average molecular weight is 323 g/mol. The van der Waals surface area contributed by atoms with E-state index in [9.17, 15) is 22.8 Å². The van der Waals surface area contributed by atoms with E-state index in [2.05, 4.69) is 0 Å². The fourth-order valence-corrected chi connectivity index (χ4v) is 2.43. The van der Waals surface area contributed by atoms with Gasteiger partial charge in [0.25, 0.3) is 0 Å². The van der Waals surface area contributed by atoms with Crippen molar-refractivity contribution in [2.75, 3.05) is 26.2 Å². The molecule has 0 aliphatic carbocycles. The third kappa shape index (κ3) is 4.78. The van der Waals surface area contributed by atoms with E-state index in [4.69, 9.17) is 0 Å². The van der Waals surface area contributed by atoms with E-state index in [0.29, 0.717) is 25.9 Å². The topological polar surface area (TPSA) is 52.7 Å². The predicted molar refractivity (Wildman–Crippen MR) is 76.3 cm³/mol. The van der Waals surface area contributed by atoms with Gasteiger partial charge in [-0.15, -0.1) is 0 Å². The van der Waals surface area contributed by atoms with Gasteiger partial charge in [0.1, 0.15) is 12.6 Å². The molecule has 1 heterocycles. The Bertz CT molecular complexity index is 401. The molecule has 0 bridgehead atoms. The molecule has 1 aliphatic heterocycles. The molecule has 0 unspecified atom stereocenters. The summed E-state index contributed by atoms with van der Waals surface area (Å²) in [4.78, 5) is 26.8. The molecule has 128 valence electrons. The molecule has 0 aromatic carbocycles. The molecule has 1 fully saturated rings. The van der Waals surface area contributed by atoms with Crippen LogP contribution in [0.25, 0.3) is 0 Å². The van der Waals surface area contributed by atoms with Gasteiger partial charge in [-0.1, -0.05) is 20.3 Å². The minimum Gasteiger partial charge on any atom is -0.341 e. The summed E-state index contributed by atoms with van der Waals surface area (Å²) >= 11 is 0. The van der Waals surface area contributed by atoms with Gasteiger partial charge in [0.2, 0.25) is 5.91 Å². The molecule has 0 spiro atoms. The van der Waals surface area contributed by atoms with Crippen LogP contribution in [0.4, 0.5) is 18.0 Å². The van der Waals surface area contributed by atoms with Crippen molar-refractivity contribution in [3.8, 4) is 0 Å². The second-order valence-corrected chi connectivity index (χ2v) is 5.60. The quantitative estimate of drug-likeness (QED) is 0.862. The lowest BCUT2D eigenvalue weighted by Gasteiger charge is -2.29. The molecule has 1 rings (SSSR count). The lowest BCUT2D eigenvalue weighted by atomic mass is 9.99. The van der Waals surface area contributed by atoms with Crippen LogP contribution >= 0.6 is 0 Å².